The van der Waals surface area contributed by atoms with Crippen molar-refractivity contribution in [2.75, 3.05) is 0 Å². The summed E-state index contributed by atoms with van der Waals surface area (Å²) in [4.78, 5) is 9.82. The zero-order chi connectivity index (χ0) is 13.0. The Kier molecular flexibility index (Phi) is 4.43. The SMILES string of the molecule is CCc1nc(C)sc1CN[C@H](C)Cn1cncn1. The second kappa shape index (κ2) is 6.06. The van der Waals surface area contributed by atoms with Gasteiger partial charge >= 0.3 is 0 Å². The molecule has 0 aliphatic heterocycles. The van der Waals surface area contributed by atoms with Gasteiger partial charge in [0, 0.05) is 17.5 Å². The van der Waals surface area contributed by atoms with Crippen LogP contribution in [-0.4, -0.2) is 25.8 Å². The van der Waals surface area contributed by atoms with Crippen LogP contribution in [0.4, 0.5) is 0 Å². The number of thiazole rings is 1. The predicted molar refractivity (Wildman–Crippen MR) is 72.6 cm³/mol. The summed E-state index contributed by atoms with van der Waals surface area (Å²) in [6.45, 7) is 8.08. The quantitative estimate of drug-likeness (QED) is 0.865. The normalized spacial score (nSPS) is 12.8. The molecule has 98 valence electrons. The lowest BCUT2D eigenvalue weighted by Gasteiger charge is -2.13. The highest BCUT2D eigenvalue weighted by molar-refractivity contribution is 7.11. The van der Waals surface area contributed by atoms with Gasteiger partial charge in [0.1, 0.15) is 12.7 Å². The second-order valence-corrected chi connectivity index (χ2v) is 5.64. The average molecular weight is 265 g/mol. The molecule has 0 aromatic carbocycles. The Balaban J connectivity index is 1.86. The summed E-state index contributed by atoms with van der Waals surface area (Å²) in [6.07, 6.45) is 4.31. The van der Waals surface area contributed by atoms with Gasteiger partial charge < -0.3 is 5.32 Å². The van der Waals surface area contributed by atoms with Gasteiger partial charge in [-0.05, 0) is 20.3 Å². The molecule has 1 atom stereocenters. The van der Waals surface area contributed by atoms with Crippen LogP contribution >= 0.6 is 11.3 Å². The minimum atomic E-state index is 0.360. The van der Waals surface area contributed by atoms with E-state index in [4.69, 9.17) is 0 Å². The van der Waals surface area contributed by atoms with Crippen LogP contribution in [0.25, 0.3) is 0 Å². The first-order valence-corrected chi connectivity index (χ1v) is 7.01. The molecule has 0 saturated heterocycles. The van der Waals surface area contributed by atoms with E-state index in [0.717, 1.165) is 24.5 Å². The molecular formula is C12H19N5S. The lowest BCUT2D eigenvalue weighted by Crippen LogP contribution is -2.30. The van der Waals surface area contributed by atoms with Crippen molar-refractivity contribution in [3.63, 3.8) is 0 Å². The number of hydrogen-bond acceptors (Lipinski definition) is 5. The van der Waals surface area contributed by atoms with Crippen LogP contribution in [-0.2, 0) is 19.5 Å². The molecule has 1 N–H and O–H groups in total. The standard InChI is InChI=1S/C12H19N5S/c1-4-11-12(18-10(3)16-11)5-14-9(2)6-17-8-13-7-15-17/h7-9,14H,4-6H2,1-3H3/t9-/m1/s1. The van der Waals surface area contributed by atoms with Crippen LogP contribution in [0.5, 0.6) is 0 Å². The third-order valence-corrected chi connectivity index (χ3v) is 3.77. The Morgan fingerprint density at radius 3 is 3.00 bits per heavy atom. The van der Waals surface area contributed by atoms with Crippen molar-refractivity contribution in [3.8, 4) is 0 Å². The molecule has 2 aromatic rings. The minimum absolute atomic E-state index is 0.360. The maximum absolute atomic E-state index is 4.53. The van der Waals surface area contributed by atoms with E-state index in [1.807, 2.05) is 4.68 Å². The lowest BCUT2D eigenvalue weighted by molar-refractivity contribution is 0.451. The van der Waals surface area contributed by atoms with Crippen molar-refractivity contribution < 1.29 is 0 Å². The van der Waals surface area contributed by atoms with Crippen LogP contribution in [0.1, 0.15) is 29.4 Å². The zero-order valence-electron chi connectivity index (χ0n) is 11.1. The Labute approximate surface area is 111 Å². The molecule has 2 heterocycles. The molecule has 5 nitrogen and oxygen atoms in total. The summed E-state index contributed by atoms with van der Waals surface area (Å²) in [7, 11) is 0. The fraction of sp³-hybridized carbons (Fsp3) is 0.583. The number of rotatable bonds is 6. The Bertz CT molecular complexity index is 477. The second-order valence-electron chi connectivity index (χ2n) is 4.36. The first-order chi connectivity index (χ1) is 8.69. The average Bonchev–Trinajstić information content (AvgIpc) is 2.95. The van der Waals surface area contributed by atoms with E-state index in [-0.39, 0.29) is 0 Å². The molecule has 0 aliphatic rings. The fourth-order valence-electron chi connectivity index (χ4n) is 1.87. The van der Waals surface area contributed by atoms with E-state index in [9.17, 15) is 0 Å². The van der Waals surface area contributed by atoms with E-state index in [2.05, 4.69) is 41.2 Å². The maximum atomic E-state index is 4.53. The summed E-state index contributed by atoms with van der Waals surface area (Å²) in [5.41, 5.74) is 1.22. The third-order valence-electron chi connectivity index (χ3n) is 2.76. The number of nitrogens with one attached hydrogen (secondary N) is 1. The Hall–Kier alpha value is -1.27. The molecule has 2 rings (SSSR count). The van der Waals surface area contributed by atoms with Gasteiger partial charge in [-0.15, -0.1) is 11.3 Å². The van der Waals surface area contributed by atoms with Crippen LogP contribution < -0.4 is 5.32 Å². The molecule has 0 aliphatic carbocycles. The van der Waals surface area contributed by atoms with Crippen LogP contribution in [0.2, 0.25) is 0 Å². The topological polar surface area (TPSA) is 55.6 Å². The summed E-state index contributed by atoms with van der Waals surface area (Å²) >= 11 is 1.78. The number of hydrogen-bond donors (Lipinski definition) is 1. The van der Waals surface area contributed by atoms with E-state index in [1.54, 1.807) is 24.0 Å². The maximum Gasteiger partial charge on any atom is 0.137 e. The third kappa shape index (κ3) is 3.36. The van der Waals surface area contributed by atoms with Gasteiger partial charge in [-0.3, -0.25) is 4.68 Å². The zero-order valence-corrected chi connectivity index (χ0v) is 11.9. The van der Waals surface area contributed by atoms with Crippen molar-refractivity contribution in [1.82, 2.24) is 25.1 Å². The smallest absolute Gasteiger partial charge is 0.137 e. The fourth-order valence-corrected chi connectivity index (χ4v) is 2.84. The monoisotopic (exact) mass is 265 g/mol. The number of aromatic nitrogens is 4. The molecular weight excluding hydrogens is 246 g/mol. The minimum Gasteiger partial charge on any atom is -0.307 e. The van der Waals surface area contributed by atoms with Gasteiger partial charge in [-0.25, -0.2) is 9.97 Å². The Morgan fingerprint density at radius 1 is 1.50 bits per heavy atom. The van der Waals surface area contributed by atoms with Crippen LogP contribution in [0.3, 0.4) is 0 Å². The van der Waals surface area contributed by atoms with Crippen LogP contribution in [0, 0.1) is 6.92 Å². The molecule has 0 saturated carbocycles. The summed E-state index contributed by atoms with van der Waals surface area (Å²) in [5, 5.41) is 8.76. The van der Waals surface area contributed by atoms with Crippen molar-refractivity contribution >= 4 is 11.3 Å². The molecule has 0 bridgehead atoms. The van der Waals surface area contributed by atoms with E-state index < -0.39 is 0 Å². The van der Waals surface area contributed by atoms with E-state index in [0.29, 0.717) is 6.04 Å². The predicted octanol–water partition coefficient (Wildman–Crippen LogP) is 1.78. The molecule has 2 aromatic heterocycles. The van der Waals surface area contributed by atoms with Gasteiger partial charge in [0.25, 0.3) is 0 Å². The van der Waals surface area contributed by atoms with Gasteiger partial charge in [-0.2, -0.15) is 5.10 Å². The summed E-state index contributed by atoms with van der Waals surface area (Å²) < 4.78 is 1.84. The highest BCUT2D eigenvalue weighted by Crippen LogP contribution is 2.18. The molecule has 0 amide bonds. The van der Waals surface area contributed by atoms with Gasteiger partial charge in [0.2, 0.25) is 0 Å². The largest absolute Gasteiger partial charge is 0.307 e. The van der Waals surface area contributed by atoms with E-state index in [1.165, 1.54) is 10.6 Å². The summed E-state index contributed by atoms with van der Waals surface area (Å²) in [5.74, 6) is 0. The van der Waals surface area contributed by atoms with Gasteiger partial charge in [-0.1, -0.05) is 6.92 Å². The first kappa shape index (κ1) is 13.2. The summed E-state index contributed by atoms with van der Waals surface area (Å²) in [6, 6.07) is 0.360. The van der Waals surface area contributed by atoms with Crippen molar-refractivity contribution in [3.05, 3.63) is 28.2 Å². The molecule has 18 heavy (non-hydrogen) atoms. The number of nitrogens with zero attached hydrogens (tertiary/aromatic N) is 4. The van der Waals surface area contributed by atoms with Gasteiger partial charge in [0.15, 0.2) is 0 Å². The molecule has 6 heteroatoms. The van der Waals surface area contributed by atoms with Crippen molar-refractivity contribution in [2.45, 2.75) is 46.3 Å². The van der Waals surface area contributed by atoms with Gasteiger partial charge in [0.05, 0.1) is 17.2 Å². The van der Waals surface area contributed by atoms with Crippen molar-refractivity contribution in [2.24, 2.45) is 0 Å². The molecule has 0 fully saturated rings. The lowest BCUT2D eigenvalue weighted by atomic mass is 10.2. The first-order valence-electron chi connectivity index (χ1n) is 6.20. The van der Waals surface area contributed by atoms with Crippen molar-refractivity contribution in [1.29, 1.82) is 0 Å². The van der Waals surface area contributed by atoms with Crippen LogP contribution in [0.15, 0.2) is 12.7 Å². The number of aryl methyl sites for hydroxylation is 2. The molecule has 0 spiro atoms. The highest BCUT2D eigenvalue weighted by atomic mass is 32.1. The highest BCUT2D eigenvalue weighted by Gasteiger charge is 2.09. The molecule has 0 unspecified atom stereocenters. The van der Waals surface area contributed by atoms with E-state index >= 15 is 0 Å². The Morgan fingerprint density at radius 2 is 2.33 bits per heavy atom. The molecule has 0 radical (unpaired) electrons.